The molecule has 1 fully saturated rings. The van der Waals surface area contributed by atoms with Crippen LogP contribution in [0.15, 0.2) is 18.2 Å². The van der Waals surface area contributed by atoms with Crippen LogP contribution in [-0.4, -0.2) is 53.2 Å². The molecule has 0 aliphatic carbocycles. The number of phenols is 2. The Bertz CT molecular complexity index is 469. The molecule has 0 saturated carbocycles. The van der Waals surface area contributed by atoms with Gasteiger partial charge in [-0.3, -0.25) is 9.69 Å². The number of rotatable bonds is 6. The molecule has 1 heterocycles. The number of phenolic OH excluding ortho intramolecular Hbond substituents is 2. The molecule has 5 heteroatoms. The highest BCUT2D eigenvalue weighted by Gasteiger charge is 2.21. The number of benzene rings is 1. The average molecular weight is 279 g/mol. The Labute approximate surface area is 118 Å². The third-order valence-corrected chi connectivity index (χ3v) is 3.58. The SMILES string of the molecule is CCN(CC(=O)c1ccc(O)cc1O)CC1CCCO1. The lowest BCUT2D eigenvalue weighted by atomic mass is 10.1. The van der Waals surface area contributed by atoms with Crippen LogP contribution < -0.4 is 0 Å². The van der Waals surface area contributed by atoms with E-state index < -0.39 is 0 Å². The number of aromatic hydroxyl groups is 2. The molecule has 0 spiro atoms. The predicted molar refractivity (Wildman–Crippen MR) is 75.2 cm³/mol. The van der Waals surface area contributed by atoms with Crippen molar-refractivity contribution in [3.8, 4) is 11.5 Å². The number of Topliss-reactive ketones (excluding diaryl/α,β-unsaturated/α-hetero) is 1. The van der Waals surface area contributed by atoms with Gasteiger partial charge in [0.1, 0.15) is 11.5 Å². The molecule has 1 aromatic rings. The number of ketones is 1. The van der Waals surface area contributed by atoms with Gasteiger partial charge in [0.15, 0.2) is 5.78 Å². The Kier molecular flexibility index (Phi) is 4.98. The summed E-state index contributed by atoms with van der Waals surface area (Å²) < 4.78 is 5.58. The highest BCUT2D eigenvalue weighted by molar-refractivity contribution is 6.00. The second-order valence-corrected chi connectivity index (χ2v) is 5.09. The lowest BCUT2D eigenvalue weighted by Gasteiger charge is -2.23. The Morgan fingerprint density at radius 3 is 2.85 bits per heavy atom. The van der Waals surface area contributed by atoms with Crippen molar-refractivity contribution in [3.05, 3.63) is 23.8 Å². The Morgan fingerprint density at radius 1 is 1.45 bits per heavy atom. The quantitative estimate of drug-likeness (QED) is 0.777. The van der Waals surface area contributed by atoms with E-state index >= 15 is 0 Å². The number of likely N-dealkylation sites (N-methyl/N-ethyl adjacent to an activating group) is 1. The van der Waals surface area contributed by atoms with E-state index in [9.17, 15) is 15.0 Å². The minimum atomic E-state index is -0.178. The Balaban J connectivity index is 1.97. The molecule has 2 N–H and O–H groups in total. The molecule has 0 aromatic heterocycles. The van der Waals surface area contributed by atoms with Gasteiger partial charge in [-0.2, -0.15) is 0 Å². The van der Waals surface area contributed by atoms with Crippen molar-refractivity contribution in [2.75, 3.05) is 26.2 Å². The monoisotopic (exact) mass is 279 g/mol. The number of nitrogens with zero attached hydrogens (tertiary/aromatic N) is 1. The third kappa shape index (κ3) is 3.71. The van der Waals surface area contributed by atoms with Crippen molar-refractivity contribution in [2.45, 2.75) is 25.9 Å². The van der Waals surface area contributed by atoms with Crippen LogP contribution in [0.5, 0.6) is 11.5 Å². The van der Waals surface area contributed by atoms with Crippen LogP contribution >= 0.6 is 0 Å². The number of hydrogen-bond acceptors (Lipinski definition) is 5. The zero-order valence-electron chi connectivity index (χ0n) is 11.7. The summed E-state index contributed by atoms with van der Waals surface area (Å²) in [6.07, 6.45) is 2.32. The molecule has 0 bridgehead atoms. The summed E-state index contributed by atoms with van der Waals surface area (Å²) in [6.45, 7) is 4.54. The minimum absolute atomic E-state index is 0.0502. The zero-order valence-corrected chi connectivity index (χ0v) is 11.7. The number of hydrogen-bond donors (Lipinski definition) is 2. The van der Waals surface area contributed by atoms with Crippen LogP contribution in [0.25, 0.3) is 0 Å². The van der Waals surface area contributed by atoms with Crippen molar-refractivity contribution >= 4 is 5.78 Å². The molecule has 1 atom stereocenters. The molecule has 1 unspecified atom stereocenters. The summed E-state index contributed by atoms with van der Waals surface area (Å²) in [5.41, 5.74) is 0.244. The van der Waals surface area contributed by atoms with Crippen molar-refractivity contribution in [1.82, 2.24) is 4.90 Å². The van der Waals surface area contributed by atoms with E-state index in [0.29, 0.717) is 0 Å². The first-order valence-corrected chi connectivity index (χ1v) is 6.99. The van der Waals surface area contributed by atoms with Crippen molar-refractivity contribution in [1.29, 1.82) is 0 Å². The first kappa shape index (κ1) is 14.8. The fourth-order valence-corrected chi connectivity index (χ4v) is 2.43. The van der Waals surface area contributed by atoms with Gasteiger partial charge in [-0.25, -0.2) is 0 Å². The van der Waals surface area contributed by atoms with Crippen molar-refractivity contribution < 1.29 is 19.7 Å². The molecule has 1 aliphatic rings. The normalized spacial score (nSPS) is 18.6. The fraction of sp³-hybridized carbons (Fsp3) is 0.533. The molecular weight excluding hydrogens is 258 g/mol. The van der Waals surface area contributed by atoms with Crippen molar-refractivity contribution in [3.63, 3.8) is 0 Å². The van der Waals surface area contributed by atoms with E-state index in [1.807, 2.05) is 11.8 Å². The summed E-state index contributed by atoms with van der Waals surface area (Å²) in [5, 5.41) is 18.9. The Hall–Kier alpha value is -1.59. The topological polar surface area (TPSA) is 70.0 Å². The van der Waals surface area contributed by atoms with Gasteiger partial charge in [-0.05, 0) is 31.5 Å². The maximum atomic E-state index is 12.2. The average Bonchev–Trinajstić information content (AvgIpc) is 2.90. The van der Waals surface area contributed by atoms with Crippen LogP contribution in [0.4, 0.5) is 0 Å². The molecule has 20 heavy (non-hydrogen) atoms. The van der Waals surface area contributed by atoms with Crippen LogP contribution in [0.1, 0.15) is 30.1 Å². The summed E-state index contributed by atoms with van der Waals surface area (Å²) in [5.74, 6) is -0.378. The van der Waals surface area contributed by atoms with E-state index in [-0.39, 0.29) is 35.5 Å². The highest BCUT2D eigenvalue weighted by Crippen LogP contribution is 2.23. The molecule has 0 radical (unpaired) electrons. The van der Waals surface area contributed by atoms with Crippen LogP contribution in [0, 0.1) is 0 Å². The van der Waals surface area contributed by atoms with Crippen LogP contribution in [0.3, 0.4) is 0 Å². The number of carbonyl (C=O) groups is 1. The lowest BCUT2D eigenvalue weighted by molar-refractivity contribution is 0.0685. The third-order valence-electron chi connectivity index (χ3n) is 3.58. The van der Waals surface area contributed by atoms with Gasteiger partial charge < -0.3 is 14.9 Å². The summed E-state index contributed by atoms with van der Waals surface area (Å²) in [4.78, 5) is 14.2. The molecular formula is C15H21NO4. The molecule has 1 aromatic carbocycles. The molecule has 5 nitrogen and oxygen atoms in total. The largest absolute Gasteiger partial charge is 0.508 e. The number of ether oxygens (including phenoxy) is 1. The molecule has 1 saturated heterocycles. The minimum Gasteiger partial charge on any atom is -0.508 e. The maximum absolute atomic E-state index is 12.2. The van der Waals surface area contributed by atoms with Gasteiger partial charge in [0.25, 0.3) is 0 Å². The smallest absolute Gasteiger partial charge is 0.180 e. The maximum Gasteiger partial charge on any atom is 0.180 e. The number of carbonyl (C=O) groups excluding carboxylic acids is 1. The highest BCUT2D eigenvalue weighted by atomic mass is 16.5. The lowest BCUT2D eigenvalue weighted by Crippen LogP contribution is -2.36. The van der Waals surface area contributed by atoms with Gasteiger partial charge in [0.05, 0.1) is 18.2 Å². The van der Waals surface area contributed by atoms with Gasteiger partial charge in [-0.1, -0.05) is 6.92 Å². The van der Waals surface area contributed by atoms with E-state index in [1.165, 1.54) is 18.2 Å². The first-order valence-electron chi connectivity index (χ1n) is 6.99. The predicted octanol–water partition coefficient (Wildman–Crippen LogP) is 1.78. The fourth-order valence-electron chi connectivity index (χ4n) is 2.43. The van der Waals surface area contributed by atoms with E-state index in [2.05, 4.69) is 0 Å². The molecule has 2 rings (SSSR count). The van der Waals surface area contributed by atoms with E-state index in [4.69, 9.17) is 4.74 Å². The zero-order chi connectivity index (χ0) is 14.5. The van der Waals surface area contributed by atoms with E-state index in [0.717, 1.165) is 32.5 Å². The summed E-state index contributed by atoms with van der Waals surface area (Å²) in [6, 6.07) is 4.04. The molecule has 1 aliphatic heterocycles. The summed E-state index contributed by atoms with van der Waals surface area (Å²) in [7, 11) is 0. The van der Waals surface area contributed by atoms with Gasteiger partial charge in [0.2, 0.25) is 0 Å². The standard InChI is InChI=1S/C15H21NO4/c1-2-16(9-12-4-3-7-20-12)10-15(19)13-6-5-11(17)8-14(13)18/h5-6,8,12,17-18H,2-4,7,9-10H2,1H3. The van der Waals surface area contributed by atoms with Gasteiger partial charge in [-0.15, -0.1) is 0 Å². The van der Waals surface area contributed by atoms with Crippen molar-refractivity contribution in [2.24, 2.45) is 0 Å². The van der Waals surface area contributed by atoms with Crippen LogP contribution in [-0.2, 0) is 4.74 Å². The second kappa shape index (κ2) is 6.72. The van der Waals surface area contributed by atoms with Crippen LogP contribution in [0.2, 0.25) is 0 Å². The van der Waals surface area contributed by atoms with Gasteiger partial charge >= 0.3 is 0 Å². The molecule has 0 amide bonds. The first-order chi connectivity index (χ1) is 9.60. The van der Waals surface area contributed by atoms with E-state index in [1.54, 1.807) is 0 Å². The summed E-state index contributed by atoms with van der Waals surface area (Å²) >= 11 is 0. The Morgan fingerprint density at radius 2 is 2.25 bits per heavy atom. The molecule has 110 valence electrons. The van der Waals surface area contributed by atoms with Gasteiger partial charge in [0, 0.05) is 19.2 Å². The second-order valence-electron chi connectivity index (χ2n) is 5.09.